The fourth-order valence-corrected chi connectivity index (χ4v) is 3.33. The van der Waals surface area contributed by atoms with Gasteiger partial charge in [0.05, 0.1) is 12.6 Å². The van der Waals surface area contributed by atoms with Gasteiger partial charge in [0.25, 0.3) is 0 Å². The minimum absolute atomic E-state index is 0.466. The Hall–Kier alpha value is -0.500. The third kappa shape index (κ3) is 3.25. The minimum Gasteiger partial charge on any atom is -0.497 e. The van der Waals surface area contributed by atoms with Gasteiger partial charge in [-0.3, -0.25) is 0 Å². The van der Waals surface area contributed by atoms with Crippen molar-refractivity contribution in [3.63, 3.8) is 0 Å². The van der Waals surface area contributed by atoms with E-state index in [0.29, 0.717) is 6.04 Å². The number of ether oxygens (including phenoxy) is 1. The van der Waals surface area contributed by atoms with Crippen LogP contribution in [0.15, 0.2) is 11.8 Å². The molecule has 0 amide bonds. The Bertz CT molecular complexity index is 254. The van der Waals surface area contributed by atoms with Gasteiger partial charge in [0.2, 0.25) is 0 Å². The van der Waals surface area contributed by atoms with Gasteiger partial charge >= 0.3 is 0 Å². The average Bonchev–Trinajstić information content (AvgIpc) is 2.42. The summed E-state index contributed by atoms with van der Waals surface area (Å²) < 4.78 is 5.84. The van der Waals surface area contributed by atoms with Crippen molar-refractivity contribution in [3.8, 4) is 0 Å². The predicted molar refractivity (Wildman–Crippen MR) is 71.9 cm³/mol. The first-order chi connectivity index (χ1) is 8.35. The fourth-order valence-electron chi connectivity index (χ4n) is 3.33. The Labute approximate surface area is 106 Å². The highest BCUT2D eigenvalue weighted by Crippen LogP contribution is 2.35. The standard InChI is InChI=1S/C15H27NO/c1-3-12-7-9-13(10-8-12)15(16-2)14-6-4-5-11-17-14/h6,12-13,15-16H,3-5,7-11H2,1-2H3. The molecule has 1 unspecified atom stereocenters. The summed E-state index contributed by atoms with van der Waals surface area (Å²) in [7, 11) is 2.08. The highest BCUT2D eigenvalue weighted by molar-refractivity contribution is 5.08. The van der Waals surface area contributed by atoms with E-state index in [1.807, 2.05) is 0 Å². The lowest BCUT2D eigenvalue weighted by Crippen LogP contribution is -2.38. The van der Waals surface area contributed by atoms with Crippen LogP contribution in [0.4, 0.5) is 0 Å². The summed E-state index contributed by atoms with van der Waals surface area (Å²) in [4.78, 5) is 0. The Balaban J connectivity index is 1.92. The zero-order chi connectivity index (χ0) is 12.1. The van der Waals surface area contributed by atoms with Crippen LogP contribution in [-0.2, 0) is 4.74 Å². The fraction of sp³-hybridized carbons (Fsp3) is 0.867. The minimum atomic E-state index is 0.466. The summed E-state index contributed by atoms with van der Waals surface area (Å²) >= 11 is 0. The number of rotatable bonds is 4. The molecule has 2 rings (SSSR count). The van der Waals surface area contributed by atoms with Crippen molar-refractivity contribution in [2.24, 2.45) is 11.8 Å². The summed E-state index contributed by atoms with van der Waals surface area (Å²) in [5, 5.41) is 3.48. The maximum absolute atomic E-state index is 5.84. The van der Waals surface area contributed by atoms with Gasteiger partial charge in [-0.15, -0.1) is 0 Å². The SMILES string of the molecule is CCC1CCC(C(NC)C2=CCCCO2)CC1. The largest absolute Gasteiger partial charge is 0.497 e. The maximum atomic E-state index is 5.84. The summed E-state index contributed by atoms with van der Waals surface area (Å²) in [6, 6.07) is 0.466. The van der Waals surface area contributed by atoms with Gasteiger partial charge in [-0.1, -0.05) is 26.2 Å². The van der Waals surface area contributed by atoms with Crippen LogP contribution in [0.1, 0.15) is 51.9 Å². The van der Waals surface area contributed by atoms with Crippen LogP contribution in [0.2, 0.25) is 0 Å². The first-order valence-electron chi connectivity index (χ1n) is 7.35. The maximum Gasteiger partial charge on any atom is 0.109 e. The van der Waals surface area contributed by atoms with Crippen LogP contribution in [0, 0.1) is 11.8 Å². The Morgan fingerprint density at radius 1 is 1.35 bits per heavy atom. The molecule has 1 saturated carbocycles. The molecule has 1 N–H and O–H groups in total. The molecule has 0 spiro atoms. The van der Waals surface area contributed by atoms with E-state index < -0.39 is 0 Å². The molecular weight excluding hydrogens is 210 g/mol. The van der Waals surface area contributed by atoms with Crippen molar-refractivity contribution in [2.45, 2.75) is 57.9 Å². The van der Waals surface area contributed by atoms with Gasteiger partial charge in [0.1, 0.15) is 5.76 Å². The number of allylic oxidation sites excluding steroid dienone is 1. The van der Waals surface area contributed by atoms with Gasteiger partial charge in [0.15, 0.2) is 0 Å². The molecule has 17 heavy (non-hydrogen) atoms. The van der Waals surface area contributed by atoms with Gasteiger partial charge in [0, 0.05) is 0 Å². The molecule has 98 valence electrons. The molecule has 2 aliphatic rings. The molecule has 0 aromatic carbocycles. The Kier molecular flexibility index (Phi) is 4.90. The molecule has 1 heterocycles. The number of hydrogen-bond donors (Lipinski definition) is 1. The van der Waals surface area contributed by atoms with Crippen LogP contribution in [-0.4, -0.2) is 19.7 Å². The average molecular weight is 237 g/mol. The second-order valence-corrected chi connectivity index (χ2v) is 5.55. The number of likely N-dealkylation sites (N-methyl/N-ethyl adjacent to an activating group) is 1. The summed E-state index contributed by atoms with van der Waals surface area (Å²) in [5.41, 5.74) is 0. The lowest BCUT2D eigenvalue weighted by atomic mass is 9.77. The monoisotopic (exact) mass is 237 g/mol. The topological polar surface area (TPSA) is 21.3 Å². The number of nitrogens with one attached hydrogen (secondary N) is 1. The first-order valence-corrected chi connectivity index (χ1v) is 7.35. The molecule has 0 radical (unpaired) electrons. The molecule has 0 aromatic heterocycles. The van der Waals surface area contributed by atoms with Gasteiger partial charge in [-0.2, -0.15) is 0 Å². The zero-order valence-corrected chi connectivity index (χ0v) is 11.4. The van der Waals surface area contributed by atoms with Crippen molar-refractivity contribution in [2.75, 3.05) is 13.7 Å². The normalized spacial score (nSPS) is 31.5. The molecule has 2 heteroatoms. The van der Waals surface area contributed by atoms with E-state index in [4.69, 9.17) is 4.74 Å². The Morgan fingerprint density at radius 3 is 2.65 bits per heavy atom. The highest BCUT2D eigenvalue weighted by Gasteiger charge is 2.29. The van der Waals surface area contributed by atoms with E-state index >= 15 is 0 Å². The third-order valence-corrected chi connectivity index (χ3v) is 4.52. The van der Waals surface area contributed by atoms with Gasteiger partial charge < -0.3 is 10.1 Å². The van der Waals surface area contributed by atoms with E-state index in [1.54, 1.807) is 0 Å². The molecular formula is C15H27NO. The van der Waals surface area contributed by atoms with Crippen molar-refractivity contribution in [1.29, 1.82) is 0 Å². The number of hydrogen-bond acceptors (Lipinski definition) is 2. The van der Waals surface area contributed by atoms with Crippen LogP contribution < -0.4 is 5.32 Å². The lowest BCUT2D eigenvalue weighted by Gasteiger charge is -2.35. The van der Waals surface area contributed by atoms with E-state index in [9.17, 15) is 0 Å². The van der Waals surface area contributed by atoms with E-state index in [1.165, 1.54) is 50.7 Å². The molecule has 0 saturated heterocycles. The molecule has 1 fully saturated rings. The van der Waals surface area contributed by atoms with Crippen LogP contribution in [0.25, 0.3) is 0 Å². The quantitative estimate of drug-likeness (QED) is 0.808. The van der Waals surface area contributed by atoms with E-state index in [0.717, 1.165) is 18.4 Å². The molecule has 0 aromatic rings. The van der Waals surface area contributed by atoms with E-state index in [-0.39, 0.29) is 0 Å². The van der Waals surface area contributed by atoms with Gasteiger partial charge in [-0.25, -0.2) is 0 Å². The van der Waals surface area contributed by atoms with Crippen molar-refractivity contribution < 1.29 is 4.74 Å². The second-order valence-electron chi connectivity index (χ2n) is 5.55. The highest BCUT2D eigenvalue weighted by atomic mass is 16.5. The second kappa shape index (κ2) is 6.44. The lowest BCUT2D eigenvalue weighted by molar-refractivity contribution is 0.134. The third-order valence-electron chi connectivity index (χ3n) is 4.52. The zero-order valence-electron chi connectivity index (χ0n) is 11.4. The molecule has 1 atom stereocenters. The predicted octanol–water partition coefficient (Wildman–Crippen LogP) is 3.49. The van der Waals surface area contributed by atoms with Gasteiger partial charge in [-0.05, 0) is 50.6 Å². The van der Waals surface area contributed by atoms with Crippen LogP contribution >= 0.6 is 0 Å². The summed E-state index contributed by atoms with van der Waals surface area (Å²) in [6.07, 6.45) is 11.6. The van der Waals surface area contributed by atoms with Crippen LogP contribution in [0.5, 0.6) is 0 Å². The molecule has 1 aliphatic carbocycles. The summed E-state index contributed by atoms with van der Waals surface area (Å²) in [5.74, 6) is 2.98. The molecule has 0 bridgehead atoms. The Morgan fingerprint density at radius 2 is 2.12 bits per heavy atom. The van der Waals surface area contributed by atoms with Crippen LogP contribution in [0.3, 0.4) is 0 Å². The van der Waals surface area contributed by atoms with Crippen molar-refractivity contribution in [1.82, 2.24) is 5.32 Å². The molecule has 2 nitrogen and oxygen atoms in total. The molecule has 1 aliphatic heterocycles. The smallest absolute Gasteiger partial charge is 0.109 e. The van der Waals surface area contributed by atoms with Crippen molar-refractivity contribution >= 4 is 0 Å². The summed E-state index contributed by atoms with van der Waals surface area (Å²) in [6.45, 7) is 3.24. The van der Waals surface area contributed by atoms with Crippen molar-refractivity contribution in [3.05, 3.63) is 11.8 Å². The first kappa shape index (κ1) is 12.9. The van der Waals surface area contributed by atoms with E-state index in [2.05, 4.69) is 25.4 Å².